The predicted octanol–water partition coefficient (Wildman–Crippen LogP) is 4.32. The molecule has 0 spiro atoms. The summed E-state index contributed by atoms with van der Waals surface area (Å²) >= 11 is 0. The lowest BCUT2D eigenvalue weighted by Crippen LogP contribution is -2.17. The standard InChI is InChI=1S/C20H31N5/c1-14(2)17-10-7-9-15(3)20(17)24-19-13-18(22-16(4)23-19)21-11-8-12-25(5)6/h7,9-10,13-14H,8,11-12H2,1-6H3,(H2,21,22,23,24). The van der Waals surface area contributed by atoms with Crippen LogP contribution in [0.2, 0.25) is 0 Å². The van der Waals surface area contributed by atoms with Crippen LogP contribution < -0.4 is 10.6 Å². The molecule has 0 radical (unpaired) electrons. The van der Waals surface area contributed by atoms with E-state index in [1.54, 1.807) is 0 Å². The number of aryl methyl sites for hydroxylation is 2. The molecule has 25 heavy (non-hydrogen) atoms. The van der Waals surface area contributed by atoms with Gasteiger partial charge in [0.25, 0.3) is 0 Å². The minimum absolute atomic E-state index is 0.453. The summed E-state index contributed by atoms with van der Waals surface area (Å²) in [4.78, 5) is 11.2. The Morgan fingerprint density at radius 2 is 1.80 bits per heavy atom. The predicted molar refractivity (Wildman–Crippen MR) is 107 cm³/mol. The molecule has 136 valence electrons. The van der Waals surface area contributed by atoms with Crippen molar-refractivity contribution in [1.82, 2.24) is 14.9 Å². The lowest BCUT2D eigenvalue weighted by molar-refractivity contribution is 0.405. The molecule has 0 aliphatic heterocycles. The molecule has 5 heteroatoms. The summed E-state index contributed by atoms with van der Waals surface area (Å²) in [6.45, 7) is 10.4. The Morgan fingerprint density at radius 3 is 2.48 bits per heavy atom. The zero-order valence-electron chi connectivity index (χ0n) is 16.3. The van der Waals surface area contributed by atoms with Crippen LogP contribution in [0.3, 0.4) is 0 Å². The van der Waals surface area contributed by atoms with E-state index < -0.39 is 0 Å². The third kappa shape index (κ3) is 5.71. The Labute approximate surface area is 151 Å². The second-order valence-electron chi connectivity index (χ2n) is 7.09. The molecule has 0 fully saturated rings. The highest BCUT2D eigenvalue weighted by Gasteiger charge is 2.11. The Morgan fingerprint density at radius 1 is 1.08 bits per heavy atom. The highest BCUT2D eigenvalue weighted by atomic mass is 15.1. The number of nitrogens with one attached hydrogen (secondary N) is 2. The largest absolute Gasteiger partial charge is 0.370 e. The maximum Gasteiger partial charge on any atom is 0.136 e. The van der Waals surface area contributed by atoms with Crippen LogP contribution in [0.5, 0.6) is 0 Å². The fraction of sp³-hybridized carbons (Fsp3) is 0.500. The molecular formula is C20H31N5. The van der Waals surface area contributed by atoms with Gasteiger partial charge in [-0.1, -0.05) is 32.0 Å². The van der Waals surface area contributed by atoms with Crippen LogP contribution in [0.1, 0.15) is 43.1 Å². The van der Waals surface area contributed by atoms with Gasteiger partial charge in [0.2, 0.25) is 0 Å². The maximum absolute atomic E-state index is 4.56. The molecule has 0 saturated carbocycles. The van der Waals surface area contributed by atoms with E-state index in [0.29, 0.717) is 5.92 Å². The first-order chi connectivity index (χ1) is 11.9. The number of aromatic nitrogens is 2. The molecule has 0 bridgehead atoms. The van der Waals surface area contributed by atoms with Crippen molar-refractivity contribution in [3.8, 4) is 0 Å². The van der Waals surface area contributed by atoms with Crippen molar-refractivity contribution >= 4 is 17.3 Å². The first-order valence-corrected chi connectivity index (χ1v) is 8.97. The molecule has 0 aliphatic carbocycles. The number of benzene rings is 1. The number of anilines is 3. The number of rotatable bonds is 8. The Hall–Kier alpha value is -2.14. The Bertz CT molecular complexity index is 694. The van der Waals surface area contributed by atoms with E-state index in [0.717, 1.165) is 42.7 Å². The summed E-state index contributed by atoms with van der Waals surface area (Å²) in [5, 5.41) is 6.91. The van der Waals surface area contributed by atoms with E-state index >= 15 is 0 Å². The van der Waals surface area contributed by atoms with Gasteiger partial charge in [-0.3, -0.25) is 0 Å². The van der Waals surface area contributed by atoms with Crippen LogP contribution in [0.15, 0.2) is 24.3 Å². The molecule has 0 amide bonds. The first kappa shape index (κ1) is 19.2. The van der Waals surface area contributed by atoms with Gasteiger partial charge in [-0.2, -0.15) is 0 Å². The van der Waals surface area contributed by atoms with Crippen LogP contribution in [-0.2, 0) is 0 Å². The summed E-state index contributed by atoms with van der Waals surface area (Å²) in [5.41, 5.74) is 3.67. The van der Waals surface area contributed by atoms with Gasteiger partial charge >= 0.3 is 0 Å². The van der Waals surface area contributed by atoms with Gasteiger partial charge in [-0.15, -0.1) is 0 Å². The molecule has 1 heterocycles. The molecule has 5 nitrogen and oxygen atoms in total. The van der Waals surface area contributed by atoms with Crippen molar-refractivity contribution in [1.29, 1.82) is 0 Å². The molecule has 1 aromatic heterocycles. The normalized spacial score (nSPS) is 11.2. The lowest BCUT2D eigenvalue weighted by atomic mass is 9.98. The van der Waals surface area contributed by atoms with Crippen molar-refractivity contribution in [2.75, 3.05) is 37.8 Å². The van der Waals surface area contributed by atoms with Crippen molar-refractivity contribution in [2.24, 2.45) is 0 Å². The van der Waals surface area contributed by atoms with Gasteiger partial charge in [-0.25, -0.2) is 9.97 Å². The van der Waals surface area contributed by atoms with Crippen LogP contribution in [0.25, 0.3) is 0 Å². The van der Waals surface area contributed by atoms with E-state index in [4.69, 9.17) is 0 Å². The van der Waals surface area contributed by atoms with Gasteiger partial charge in [0.15, 0.2) is 0 Å². The smallest absolute Gasteiger partial charge is 0.136 e. The molecule has 0 saturated heterocycles. The van der Waals surface area contributed by atoms with Gasteiger partial charge in [-0.05, 0) is 58.0 Å². The fourth-order valence-corrected chi connectivity index (χ4v) is 2.80. The molecule has 1 aromatic carbocycles. The summed E-state index contributed by atoms with van der Waals surface area (Å²) in [6, 6.07) is 8.40. The Kier molecular flexibility index (Phi) is 6.76. The second kappa shape index (κ2) is 8.81. The topological polar surface area (TPSA) is 53.1 Å². The van der Waals surface area contributed by atoms with Crippen LogP contribution in [0, 0.1) is 13.8 Å². The minimum atomic E-state index is 0.453. The first-order valence-electron chi connectivity index (χ1n) is 8.97. The van der Waals surface area contributed by atoms with E-state index in [9.17, 15) is 0 Å². The van der Waals surface area contributed by atoms with E-state index in [1.165, 1.54) is 11.1 Å². The summed E-state index contributed by atoms with van der Waals surface area (Å²) in [5.74, 6) is 2.92. The SMILES string of the molecule is Cc1nc(NCCCN(C)C)cc(Nc2c(C)cccc2C(C)C)n1. The molecule has 2 rings (SSSR count). The summed E-state index contributed by atoms with van der Waals surface area (Å²) in [6.07, 6.45) is 1.08. The number of hydrogen-bond donors (Lipinski definition) is 2. The Balaban J connectivity index is 2.15. The van der Waals surface area contributed by atoms with Crippen molar-refractivity contribution in [2.45, 2.75) is 40.0 Å². The highest BCUT2D eigenvalue weighted by molar-refractivity contribution is 5.66. The lowest BCUT2D eigenvalue weighted by Gasteiger charge is -2.17. The van der Waals surface area contributed by atoms with Crippen molar-refractivity contribution < 1.29 is 0 Å². The monoisotopic (exact) mass is 341 g/mol. The molecule has 0 unspecified atom stereocenters. The zero-order chi connectivity index (χ0) is 18.4. The number of hydrogen-bond acceptors (Lipinski definition) is 5. The quantitative estimate of drug-likeness (QED) is 0.700. The summed E-state index contributed by atoms with van der Waals surface area (Å²) in [7, 11) is 4.18. The van der Waals surface area contributed by atoms with E-state index in [1.807, 2.05) is 13.0 Å². The van der Waals surface area contributed by atoms with Gasteiger partial charge < -0.3 is 15.5 Å². The van der Waals surface area contributed by atoms with Crippen LogP contribution in [0.4, 0.5) is 17.3 Å². The molecule has 2 N–H and O–H groups in total. The maximum atomic E-state index is 4.56. The number of nitrogens with zero attached hydrogens (tertiary/aromatic N) is 3. The highest BCUT2D eigenvalue weighted by Crippen LogP contribution is 2.30. The van der Waals surface area contributed by atoms with Crippen molar-refractivity contribution in [3.05, 3.63) is 41.2 Å². The second-order valence-corrected chi connectivity index (χ2v) is 7.09. The van der Waals surface area contributed by atoms with Gasteiger partial charge in [0, 0.05) is 18.3 Å². The average Bonchev–Trinajstić information content (AvgIpc) is 2.52. The zero-order valence-corrected chi connectivity index (χ0v) is 16.3. The van der Waals surface area contributed by atoms with Gasteiger partial charge in [0.1, 0.15) is 17.5 Å². The van der Waals surface area contributed by atoms with Crippen molar-refractivity contribution in [3.63, 3.8) is 0 Å². The fourth-order valence-electron chi connectivity index (χ4n) is 2.80. The molecule has 0 atom stereocenters. The third-order valence-corrected chi connectivity index (χ3v) is 4.11. The third-order valence-electron chi connectivity index (χ3n) is 4.11. The van der Waals surface area contributed by atoms with E-state index in [-0.39, 0.29) is 0 Å². The van der Waals surface area contributed by atoms with Crippen LogP contribution in [-0.4, -0.2) is 42.1 Å². The molecule has 2 aromatic rings. The number of para-hydroxylation sites is 1. The van der Waals surface area contributed by atoms with Crippen LogP contribution >= 0.6 is 0 Å². The average molecular weight is 342 g/mol. The summed E-state index contributed by atoms with van der Waals surface area (Å²) < 4.78 is 0. The van der Waals surface area contributed by atoms with E-state index in [2.05, 4.69) is 78.6 Å². The molecule has 0 aliphatic rings. The molecular weight excluding hydrogens is 310 g/mol. The van der Waals surface area contributed by atoms with Gasteiger partial charge in [0.05, 0.1) is 0 Å². The minimum Gasteiger partial charge on any atom is -0.370 e.